The molecule has 0 aliphatic carbocycles. The summed E-state index contributed by atoms with van der Waals surface area (Å²) in [6.45, 7) is 12.3. The predicted octanol–water partition coefficient (Wildman–Crippen LogP) is 5.22. The van der Waals surface area contributed by atoms with E-state index in [1.807, 2.05) is 43.3 Å². The first-order valence-electron chi connectivity index (χ1n) is 8.24. The topological polar surface area (TPSA) is 46.2 Å². The van der Waals surface area contributed by atoms with E-state index in [-0.39, 0.29) is 5.41 Å². The number of benzene rings is 2. The van der Waals surface area contributed by atoms with Gasteiger partial charge in [0.15, 0.2) is 0 Å². The molecule has 4 heteroatoms. The van der Waals surface area contributed by atoms with Gasteiger partial charge in [-0.15, -0.1) is 0 Å². The summed E-state index contributed by atoms with van der Waals surface area (Å²) in [6.07, 6.45) is 0. The normalized spacial score (nSPS) is 12.5. The fraction of sp³-hybridized carbons (Fsp3) is 0.400. The smallest absolute Gasteiger partial charge is 0.262 e. The molecule has 0 bridgehead atoms. The lowest BCUT2D eigenvalue weighted by Crippen LogP contribution is -2.17. The van der Waals surface area contributed by atoms with Crippen LogP contribution in [0.25, 0.3) is 0 Å². The molecule has 0 saturated heterocycles. The van der Waals surface area contributed by atoms with Crippen LogP contribution in [0.15, 0.2) is 47.4 Å². The SMILES string of the molecule is Cc1ccc(C(C)(C)C)cc1S(=O)(=O)Nc1ccc(C(C)C)cc1. The summed E-state index contributed by atoms with van der Waals surface area (Å²) in [5.41, 5.74) is 3.42. The lowest BCUT2D eigenvalue weighted by atomic mass is 9.87. The van der Waals surface area contributed by atoms with Gasteiger partial charge in [-0.3, -0.25) is 4.72 Å². The molecule has 0 atom stereocenters. The Labute approximate surface area is 146 Å². The van der Waals surface area contributed by atoms with E-state index >= 15 is 0 Å². The molecule has 130 valence electrons. The van der Waals surface area contributed by atoms with Crippen LogP contribution in [0.5, 0.6) is 0 Å². The molecule has 0 amide bonds. The van der Waals surface area contributed by atoms with Gasteiger partial charge in [0.1, 0.15) is 0 Å². The summed E-state index contributed by atoms with van der Waals surface area (Å²) in [7, 11) is -3.61. The highest BCUT2D eigenvalue weighted by Crippen LogP contribution is 2.28. The Kier molecular flexibility index (Phi) is 5.09. The second kappa shape index (κ2) is 6.60. The third kappa shape index (κ3) is 4.18. The van der Waals surface area contributed by atoms with Gasteiger partial charge in [-0.25, -0.2) is 8.42 Å². The quantitative estimate of drug-likeness (QED) is 0.826. The molecule has 24 heavy (non-hydrogen) atoms. The Morgan fingerprint density at radius 1 is 0.958 bits per heavy atom. The number of rotatable bonds is 4. The molecule has 0 spiro atoms. The van der Waals surface area contributed by atoms with Gasteiger partial charge in [0.05, 0.1) is 4.90 Å². The Bertz CT molecular complexity index is 814. The molecule has 0 heterocycles. The molecular formula is C20H27NO2S. The van der Waals surface area contributed by atoms with Crippen LogP contribution in [-0.2, 0) is 15.4 Å². The number of hydrogen-bond acceptors (Lipinski definition) is 2. The van der Waals surface area contributed by atoms with E-state index in [4.69, 9.17) is 0 Å². The molecular weight excluding hydrogens is 318 g/mol. The van der Waals surface area contributed by atoms with Crippen molar-refractivity contribution in [1.29, 1.82) is 0 Å². The van der Waals surface area contributed by atoms with Crippen LogP contribution in [0.3, 0.4) is 0 Å². The second-order valence-electron chi connectivity index (χ2n) is 7.61. The molecule has 0 saturated carbocycles. The molecule has 1 N–H and O–H groups in total. The van der Waals surface area contributed by atoms with Crippen molar-refractivity contribution in [2.75, 3.05) is 4.72 Å². The fourth-order valence-corrected chi connectivity index (χ4v) is 3.83. The van der Waals surface area contributed by atoms with Crippen LogP contribution in [0.2, 0.25) is 0 Å². The maximum Gasteiger partial charge on any atom is 0.262 e. The highest BCUT2D eigenvalue weighted by Gasteiger charge is 2.21. The first-order valence-corrected chi connectivity index (χ1v) is 9.73. The molecule has 0 aliphatic rings. The van der Waals surface area contributed by atoms with Crippen molar-refractivity contribution < 1.29 is 8.42 Å². The summed E-state index contributed by atoms with van der Waals surface area (Å²) >= 11 is 0. The van der Waals surface area contributed by atoms with E-state index in [0.29, 0.717) is 16.5 Å². The van der Waals surface area contributed by atoms with Crippen molar-refractivity contribution in [1.82, 2.24) is 0 Å². The average Bonchev–Trinajstić information content (AvgIpc) is 2.46. The Hall–Kier alpha value is -1.81. The highest BCUT2D eigenvalue weighted by molar-refractivity contribution is 7.92. The van der Waals surface area contributed by atoms with Crippen molar-refractivity contribution in [2.24, 2.45) is 0 Å². The monoisotopic (exact) mass is 345 g/mol. The zero-order valence-electron chi connectivity index (χ0n) is 15.3. The van der Waals surface area contributed by atoms with E-state index < -0.39 is 10.0 Å². The molecule has 2 aromatic rings. The van der Waals surface area contributed by atoms with Crippen LogP contribution in [0.4, 0.5) is 5.69 Å². The van der Waals surface area contributed by atoms with Crippen molar-refractivity contribution in [3.05, 3.63) is 59.2 Å². The molecule has 0 aliphatic heterocycles. The largest absolute Gasteiger partial charge is 0.280 e. The third-order valence-corrected chi connectivity index (χ3v) is 5.70. The number of sulfonamides is 1. The zero-order valence-corrected chi connectivity index (χ0v) is 16.2. The van der Waals surface area contributed by atoms with Crippen molar-refractivity contribution in [3.8, 4) is 0 Å². The first kappa shape index (κ1) is 18.5. The summed E-state index contributed by atoms with van der Waals surface area (Å²) in [6, 6.07) is 13.2. The summed E-state index contributed by atoms with van der Waals surface area (Å²) < 4.78 is 28.3. The lowest BCUT2D eigenvalue weighted by Gasteiger charge is -2.21. The molecule has 0 aromatic heterocycles. The average molecular weight is 346 g/mol. The Morgan fingerprint density at radius 3 is 2.04 bits per heavy atom. The standard InChI is InChI=1S/C20H27NO2S/c1-14(2)16-8-11-18(12-9-16)21-24(22,23)19-13-17(20(4,5)6)10-7-15(19)3/h7-14,21H,1-6H3. The first-order chi connectivity index (χ1) is 11.0. The van der Waals surface area contributed by atoms with Gasteiger partial charge in [-0.2, -0.15) is 0 Å². The van der Waals surface area contributed by atoms with Gasteiger partial charge in [-0.1, -0.05) is 58.9 Å². The van der Waals surface area contributed by atoms with Crippen molar-refractivity contribution in [2.45, 2.75) is 57.8 Å². The molecule has 0 unspecified atom stereocenters. The summed E-state index contributed by atoms with van der Waals surface area (Å²) in [5.74, 6) is 0.418. The maximum absolute atomic E-state index is 12.8. The maximum atomic E-state index is 12.8. The number of aryl methyl sites for hydroxylation is 1. The van der Waals surface area contributed by atoms with E-state index in [1.54, 1.807) is 6.07 Å². The molecule has 2 aromatic carbocycles. The van der Waals surface area contributed by atoms with E-state index in [9.17, 15) is 8.42 Å². The predicted molar refractivity (Wildman–Crippen MR) is 101 cm³/mol. The number of hydrogen-bond donors (Lipinski definition) is 1. The summed E-state index contributed by atoms with van der Waals surface area (Å²) in [5, 5.41) is 0. The van der Waals surface area contributed by atoms with Gasteiger partial charge in [0.2, 0.25) is 0 Å². The van der Waals surface area contributed by atoms with E-state index in [0.717, 1.165) is 11.1 Å². The number of anilines is 1. The van der Waals surface area contributed by atoms with Crippen molar-refractivity contribution >= 4 is 15.7 Å². The Morgan fingerprint density at radius 2 is 1.54 bits per heavy atom. The van der Waals surface area contributed by atoms with Gasteiger partial charge in [0, 0.05) is 5.69 Å². The van der Waals surface area contributed by atoms with E-state index in [2.05, 4.69) is 39.3 Å². The minimum absolute atomic E-state index is 0.100. The zero-order chi connectivity index (χ0) is 18.1. The van der Waals surface area contributed by atoms with Crippen LogP contribution in [0, 0.1) is 6.92 Å². The van der Waals surface area contributed by atoms with Gasteiger partial charge in [-0.05, 0) is 53.1 Å². The van der Waals surface area contributed by atoms with Crippen molar-refractivity contribution in [3.63, 3.8) is 0 Å². The van der Waals surface area contributed by atoms with Gasteiger partial charge in [0.25, 0.3) is 10.0 Å². The van der Waals surface area contributed by atoms with Gasteiger partial charge < -0.3 is 0 Å². The van der Waals surface area contributed by atoms with E-state index in [1.165, 1.54) is 5.56 Å². The minimum atomic E-state index is -3.61. The highest BCUT2D eigenvalue weighted by atomic mass is 32.2. The molecule has 3 nitrogen and oxygen atoms in total. The lowest BCUT2D eigenvalue weighted by molar-refractivity contribution is 0.584. The van der Waals surface area contributed by atoms with Crippen LogP contribution >= 0.6 is 0 Å². The fourth-order valence-electron chi connectivity index (χ4n) is 2.50. The minimum Gasteiger partial charge on any atom is -0.280 e. The molecule has 0 radical (unpaired) electrons. The molecule has 2 rings (SSSR count). The summed E-state index contributed by atoms with van der Waals surface area (Å²) in [4.78, 5) is 0.336. The second-order valence-corrected chi connectivity index (χ2v) is 9.26. The van der Waals surface area contributed by atoms with Crippen LogP contribution in [-0.4, -0.2) is 8.42 Å². The van der Waals surface area contributed by atoms with Crippen LogP contribution < -0.4 is 4.72 Å². The van der Waals surface area contributed by atoms with Gasteiger partial charge >= 0.3 is 0 Å². The third-order valence-electron chi connectivity index (χ3n) is 4.17. The molecule has 0 fully saturated rings. The van der Waals surface area contributed by atoms with Crippen LogP contribution in [0.1, 0.15) is 57.2 Å². The Balaban J connectivity index is 2.37. The number of nitrogens with one attached hydrogen (secondary N) is 1.